The van der Waals surface area contributed by atoms with Crippen LogP contribution >= 0.6 is 0 Å². The summed E-state index contributed by atoms with van der Waals surface area (Å²) in [5.41, 5.74) is 0.329. The van der Waals surface area contributed by atoms with Crippen LogP contribution in [0.5, 0.6) is 5.75 Å². The number of hydrogen-bond acceptors (Lipinski definition) is 4. The van der Waals surface area contributed by atoms with Gasteiger partial charge in [0.1, 0.15) is 5.75 Å². The lowest BCUT2D eigenvalue weighted by atomic mass is 10.1. The molecular weight excluding hydrogens is 294 g/mol. The van der Waals surface area contributed by atoms with E-state index in [4.69, 9.17) is 0 Å². The Bertz CT molecular complexity index is 554. The molecule has 2 amide bonds. The van der Waals surface area contributed by atoms with Gasteiger partial charge in [-0.25, -0.2) is 0 Å². The quantitative estimate of drug-likeness (QED) is 0.851. The van der Waals surface area contributed by atoms with E-state index < -0.39 is 0 Å². The summed E-state index contributed by atoms with van der Waals surface area (Å²) in [6, 6.07) is 6.76. The summed E-state index contributed by atoms with van der Waals surface area (Å²) in [7, 11) is 0. The van der Waals surface area contributed by atoms with Crippen molar-refractivity contribution in [3.05, 3.63) is 29.8 Å². The predicted octanol–water partition coefficient (Wildman–Crippen LogP) is 1.06. The van der Waals surface area contributed by atoms with Crippen LogP contribution in [0.4, 0.5) is 0 Å². The number of phenolic OH excluding ortho intramolecular Hbond substituents is 1. The van der Waals surface area contributed by atoms with Crippen molar-refractivity contribution in [2.75, 3.05) is 32.7 Å². The normalized spacial score (nSPS) is 16.9. The molecule has 1 aromatic rings. The highest BCUT2D eigenvalue weighted by atomic mass is 16.3. The van der Waals surface area contributed by atoms with E-state index >= 15 is 0 Å². The number of nitrogens with one attached hydrogen (secondary N) is 1. The van der Waals surface area contributed by atoms with E-state index in [1.165, 1.54) is 6.07 Å². The average Bonchev–Trinajstić information content (AvgIpc) is 2.55. The van der Waals surface area contributed by atoms with Crippen LogP contribution in [0.15, 0.2) is 24.3 Å². The number of carbonyl (C=O) groups is 2. The van der Waals surface area contributed by atoms with E-state index in [-0.39, 0.29) is 23.6 Å². The molecule has 6 heteroatoms. The van der Waals surface area contributed by atoms with Gasteiger partial charge in [-0.15, -0.1) is 0 Å². The molecule has 1 saturated heterocycles. The third kappa shape index (κ3) is 4.69. The van der Waals surface area contributed by atoms with Crippen LogP contribution in [0.25, 0.3) is 0 Å². The Balaban J connectivity index is 1.83. The molecule has 1 aliphatic rings. The molecule has 0 bridgehead atoms. The van der Waals surface area contributed by atoms with Gasteiger partial charge in [0.05, 0.1) is 12.1 Å². The lowest BCUT2D eigenvalue weighted by Crippen LogP contribution is -2.51. The minimum Gasteiger partial charge on any atom is -0.507 e. The fourth-order valence-electron chi connectivity index (χ4n) is 2.56. The van der Waals surface area contributed by atoms with Gasteiger partial charge in [-0.05, 0) is 25.5 Å². The first-order valence-electron chi connectivity index (χ1n) is 8.10. The number of benzene rings is 1. The van der Waals surface area contributed by atoms with Crippen LogP contribution in [0, 0.1) is 0 Å². The fourth-order valence-corrected chi connectivity index (χ4v) is 2.56. The minimum atomic E-state index is -0.160. The second-order valence-electron chi connectivity index (χ2n) is 5.96. The fraction of sp³-hybridized carbons (Fsp3) is 0.529. The van der Waals surface area contributed by atoms with Gasteiger partial charge in [0.25, 0.3) is 5.91 Å². The third-order valence-corrected chi connectivity index (χ3v) is 4.18. The Labute approximate surface area is 137 Å². The molecule has 126 valence electrons. The number of amides is 2. The Hall–Kier alpha value is -2.08. The smallest absolute Gasteiger partial charge is 0.257 e. The maximum atomic E-state index is 12.4. The Morgan fingerprint density at radius 3 is 2.48 bits per heavy atom. The van der Waals surface area contributed by atoms with E-state index in [9.17, 15) is 14.7 Å². The summed E-state index contributed by atoms with van der Waals surface area (Å²) >= 11 is 0. The Morgan fingerprint density at radius 1 is 1.22 bits per heavy atom. The highest BCUT2D eigenvalue weighted by Gasteiger charge is 2.24. The zero-order valence-corrected chi connectivity index (χ0v) is 13.8. The number of aromatic hydroxyl groups is 1. The summed E-state index contributed by atoms with van der Waals surface area (Å²) in [6.07, 6.45) is 0.911. The molecule has 2 rings (SSSR count). The molecule has 6 nitrogen and oxygen atoms in total. The number of phenols is 1. The van der Waals surface area contributed by atoms with Crippen molar-refractivity contribution in [3.8, 4) is 5.75 Å². The van der Waals surface area contributed by atoms with Crippen molar-refractivity contribution >= 4 is 11.8 Å². The van der Waals surface area contributed by atoms with Crippen molar-refractivity contribution in [3.63, 3.8) is 0 Å². The Morgan fingerprint density at radius 2 is 1.87 bits per heavy atom. The van der Waals surface area contributed by atoms with E-state index in [0.29, 0.717) is 38.3 Å². The molecule has 0 radical (unpaired) electrons. The van der Waals surface area contributed by atoms with Crippen LogP contribution in [-0.4, -0.2) is 65.5 Å². The van der Waals surface area contributed by atoms with Crippen LogP contribution in [0.2, 0.25) is 0 Å². The summed E-state index contributed by atoms with van der Waals surface area (Å²) < 4.78 is 0. The SMILES string of the molecule is CCC(C)NC(=O)CN1CCN(C(=O)c2ccccc2O)CC1. The van der Waals surface area contributed by atoms with Crippen LogP contribution in [0.1, 0.15) is 30.6 Å². The van der Waals surface area contributed by atoms with E-state index in [2.05, 4.69) is 5.32 Å². The Kier molecular flexibility index (Phi) is 5.98. The summed E-state index contributed by atoms with van der Waals surface area (Å²) in [5, 5.41) is 12.7. The molecule has 2 N–H and O–H groups in total. The second kappa shape index (κ2) is 7.97. The first-order chi connectivity index (χ1) is 11.0. The van der Waals surface area contributed by atoms with Gasteiger partial charge in [-0.1, -0.05) is 19.1 Å². The van der Waals surface area contributed by atoms with E-state index in [0.717, 1.165) is 6.42 Å². The molecule has 0 aliphatic carbocycles. The van der Waals surface area contributed by atoms with Gasteiger partial charge in [-0.3, -0.25) is 14.5 Å². The number of piperazine rings is 1. The van der Waals surface area contributed by atoms with Gasteiger partial charge in [0.15, 0.2) is 0 Å². The van der Waals surface area contributed by atoms with Gasteiger partial charge < -0.3 is 15.3 Å². The number of hydrogen-bond donors (Lipinski definition) is 2. The second-order valence-corrected chi connectivity index (χ2v) is 5.96. The van der Waals surface area contributed by atoms with E-state index in [1.54, 1.807) is 23.1 Å². The molecule has 1 fully saturated rings. The molecule has 0 spiro atoms. The zero-order valence-electron chi connectivity index (χ0n) is 13.8. The molecule has 1 heterocycles. The number of carbonyl (C=O) groups excluding carboxylic acids is 2. The molecule has 1 atom stereocenters. The standard InChI is InChI=1S/C17H25N3O3/c1-3-13(2)18-16(22)12-19-8-10-20(11-9-19)17(23)14-6-4-5-7-15(14)21/h4-7,13,21H,3,8-12H2,1-2H3,(H,18,22). The van der Waals surface area contributed by atoms with Crippen molar-refractivity contribution < 1.29 is 14.7 Å². The van der Waals surface area contributed by atoms with Crippen LogP contribution in [0.3, 0.4) is 0 Å². The zero-order chi connectivity index (χ0) is 16.8. The van der Waals surface area contributed by atoms with Gasteiger partial charge in [-0.2, -0.15) is 0 Å². The topological polar surface area (TPSA) is 72.9 Å². The number of rotatable bonds is 5. The highest BCUT2D eigenvalue weighted by molar-refractivity contribution is 5.96. The van der Waals surface area contributed by atoms with Crippen LogP contribution < -0.4 is 5.32 Å². The molecule has 1 aromatic carbocycles. The van der Waals surface area contributed by atoms with Crippen molar-refractivity contribution in [2.45, 2.75) is 26.3 Å². The van der Waals surface area contributed by atoms with Crippen LogP contribution in [-0.2, 0) is 4.79 Å². The molecule has 0 saturated carbocycles. The van der Waals surface area contributed by atoms with Gasteiger partial charge in [0, 0.05) is 32.2 Å². The molecule has 1 aliphatic heterocycles. The summed E-state index contributed by atoms with van der Waals surface area (Å²) in [6.45, 7) is 6.83. The number of para-hydroxylation sites is 1. The predicted molar refractivity (Wildman–Crippen MR) is 88.3 cm³/mol. The molecule has 1 unspecified atom stereocenters. The molecular formula is C17H25N3O3. The maximum absolute atomic E-state index is 12.4. The van der Waals surface area contributed by atoms with E-state index in [1.807, 2.05) is 18.7 Å². The first-order valence-corrected chi connectivity index (χ1v) is 8.10. The van der Waals surface area contributed by atoms with Gasteiger partial charge >= 0.3 is 0 Å². The highest BCUT2D eigenvalue weighted by Crippen LogP contribution is 2.18. The van der Waals surface area contributed by atoms with Crippen molar-refractivity contribution in [1.29, 1.82) is 0 Å². The van der Waals surface area contributed by atoms with Crippen molar-refractivity contribution in [2.24, 2.45) is 0 Å². The summed E-state index contributed by atoms with van der Waals surface area (Å²) in [4.78, 5) is 28.1. The monoisotopic (exact) mass is 319 g/mol. The largest absolute Gasteiger partial charge is 0.507 e. The minimum absolute atomic E-state index is 0.00728. The van der Waals surface area contributed by atoms with Crippen molar-refractivity contribution in [1.82, 2.24) is 15.1 Å². The average molecular weight is 319 g/mol. The molecule has 23 heavy (non-hydrogen) atoms. The maximum Gasteiger partial charge on any atom is 0.257 e. The van der Waals surface area contributed by atoms with Gasteiger partial charge in [0.2, 0.25) is 5.91 Å². The number of nitrogens with zero attached hydrogens (tertiary/aromatic N) is 2. The third-order valence-electron chi connectivity index (χ3n) is 4.18. The lowest BCUT2D eigenvalue weighted by Gasteiger charge is -2.34. The molecule has 0 aromatic heterocycles. The lowest BCUT2D eigenvalue weighted by molar-refractivity contribution is -0.123. The first kappa shape index (κ1) is 17.3. The summed E-state index contributed by atoms with van der Waals surface area (Å²) in [5.74, 6) is -0.125.